The first-order chi connectivity index (χ1) is 18.9. The molecule has 2 aromatic carbocycles. The van der Waals surface area contributed by atoms with Crippen LogP contribution < -0.4 is 13.8 Å². The minimum absolute atomic E-state index is 0.0101. The minimum atomic E-state index is -4.15. The number of alkyl carbamates (subject to hydrolysis) is 1. The average Bonchev–Trinajstić information content (AvgIpc) is 2.86. The van der Waals surface area contributed by atoms with E-state index in [2.05, 4.69) is 5.32 Å². The van der Waals surface area contributed by atoms with Gasteiger partial charge in [-0.25, -0.2) is 26.0 Å². The summed E-state index contributed by atoms with van der Waals surface area (Å²) in [4.78, 5) is 12.4. The van der Waals surface area contributed by atoms with Crippen molar-refractivity contribution in [2.24, 2.45) is 0 Å². The number of hydrogen-bond donors (Lipinski definition) is 1. The van der Waals surface area contributed by atoms with E-state index >= 15 is 0 Å². The van der Waals surface area contributed by atoms with Gasteiger partial charge in [-0.3, -0.25) is 0 Å². The second kappa shape index (κ2) is 14.4. The maximum Gasteiger partial charge on any atom is 0.407 e. The van der Waals surface area contributed by atoms with Gasteiger partial charge >= 0.3 is 6.09 Å². The topological polar surface area (TPSA) is 119 Å². The first kappa shape index (κ1) is 34.4. The summed E-state index contributed by atoms with van der Waals surface area (Å²) in [5.74, 6) is 0.122. The first-order valence-electron chi connectivity index (χ1n) is 13.0. The molecule has 0 saturated heterocycles. The lowest BCUT2D eigenvalue weighted by Crippen LogP contribution is -2.44. The van der Waals surface area contributed by atoms with Crippen LogP contribution in [0, 0.1) is 0 Å². The van der Waals surface area contributed by atoms with Crippen molar-refractivity contribution in [3.63, 3.8) is 0 Å². The zero-order valence-electron chi connectivity index (χ0n) is 24.4. The molecule has 228 valence electrons. The third-order valence-electron chi connectivity index (χ3n) is 5.38. The molecule has 41 heavy (non-hydrogen) atoms. The number of anilines is 1. The number of nitrogens with zero attached hydrogens (tertiary/aromatic N) is 1. The monoisotopic (exact) mass is 630 g/mol. The smallest absolute Gasteiger partial charge is 0.407 e. The van der Waals surface area contributed by atoms with Crippen LogP contribution in [0.25, 0.3) is 0 Å². The summed E-state index contributed by atoms with van der Waals surface area (Å²) in [5, 5.41) is 0.603. The second-order valence-electron chi connectivity index (χ2n) is 10.6. The van der Waals surface area contributed by atoms with Crippen molar-refractivity contribution in [3.8, 4) is 5.75 Å². The number of halogens is 1. The van der Waals surface area contributed by atoms with Crippen LogP contribution in [0.15, 0.2) is 65.3 Å². The Bertz CT molecular complexity index is 1380. The van der Waals surface area contributed by atoms with E-state index in [0.717, 1.165) is 0 Å². The molecule has 0 aliphatic rings. The summed E-state index contributed by atoms with van der Waals surface area (Å²) in [5.41, 5.74) is 0.0594. The van der Waals surface area contributed by atoms with Crippen molar-refractivity contribution in [3.05, 3.63) is 66.0 Å². The highest BCUT2D eigenvalue weighted by Crippen LogP contribution is 2.32. The lowest BCUT2D eigenvalue weighted by molar-refractivity contribution is 0.0534. The Morgan fingerprint density at radius 2 is 1.54 bits per heavy atom. The highest BCUT2D eigenvalue weighted by molar-refractivity contribution is 8.10. The summed E-state index contributed by atoms with van der Waals surface area (Å²) in [7, 11) is -8.30. The standard InChI is InChI=1S/C28H39FN2O7S3/c1-20(2)40(33,34)31(41(35,36)21(3)4)24-14-12-22(13-15-24)18-37-25-10-8-9-11-26(25)39-19-23(29)16-17-30-27(32)38-28(5,6)7/h8-16,20-21H,17-19H2,1-7H3,(H,30,32)/b23-16-. The van der Waals surface area contributed by atoms with Crippen LogP contribution in [-0.2, 0) is 31.4 Å². The number of para-hydroxylation sites is 1. The number of carbonyl (C=O) groups excluding carboxylic acids is 1. The van der Waals surface area contributed by atoms with Crippen molar-refractivity contribution < 1.29 is 35.5 Å². The van der Waals surface area contributed by atoms with Crippen LogP contribution in [0.3, 0.4) is 0 Å². The Morgan fingerprint density at radius 1 is 0.976 bits per heavy atom. The molecule has 2 rings (SSSR count). The maximum absolute atomic E-state index is 14.3. The quantitative estimate of drug-likeness (QED) is 0.267. The van der Waals surface area contributed by atoms with E-state index in [0.29, 0.717) is 19.9 Å². The van der Waals surface area contributed by atoms with Gasteiger partial charge in [0.05, 0.1) is 16.2 Å². The normalized spacial score (nSPS) is 12.9. The van der Waals surface area contributed by atoms with Crippen molar-refractivity contribution in [1.82, 2.24) is 5.32 Å². The highest BCUT2D eigenvalue weighted by Gasteiger charge is 2.38. The van der Waals surface area contributed by atoms with Gasteiger partial charge in [0.2, 0.25) is 0 Å². The van der Waals surface area contributed by atoms with Gasteiger partial charge in [-0.1, -0.05) is 24.3 Å². The lowest BCUT2D eigenvalue weighted by atomic mass is 10.2. The number of rotatable bonds is 13. The number of carbonyl (C=O) groups is 1. The van der Waals surface area contributed by atoms with E-state index in [4.69, 9.17) is 9.47 Å². The Hall–Kier alpha value is -2.77. The molecule has 1 N–H and O–H groups in total. The summed E-state index contributed by atoms with van der Waals surface area (Å²) in [6.07, 6.45) is 0.640. The number of sulfonamides is 2. The minimum Gasteiger partial charge on any atom is -0.488 e. The molecule has 0 aliphatic carbocycles. The van der Waals surface area contributed by atoms with Gasteiger partial charge in [-0.05, 0) is 84.4 Å². The van der Waals surface area contributed by atoms with Gasteiger partial charge in [-0.2, -0.15) is 3.71 Å². The van der Waals surface area contributed by atoms with Crippen molar-refractivity contribution in [2.75, 3.05) is 16.0 Å². The molecule has 2 aromatic rings. The largest absolute Gasteiger partial charge is 0.488 e. The maximum atomic E-state index is 14.3. The third-order valence-corrected chi connectivity index (χ3v) is 11.4. The Kier molecular flexibility index (Phi) is 12.1. The van der Waals surface area contributed by atoms with Gasteiger partial charge in [0.15, 0.2) is 0 Å². The SMILES string of the molecule is CC(C)S(=O)(=O)N(c1ccc(COc2ccccc2SC/C(F)=C/CNC(=O)OC(C)(C)C)cc1)S(=O)(=O)C(C)C. The molecule has 0 fully saturated rings. The average molecular weight is 631 g/mol. The van der Waals surface area contributed by atoms with Gasteiger partial charge < -0.3 is 14.8 Å². The van der Waals surface area contributed by atoms with Gasteiger partial charge in [0.1, 0.15) is 23.8 Å². The van der Waals surface area contributed by atoms with Crippen molar-refractivity contribution in [1.29, 1.82) is 0 Å². The van der Waals surface area contributed by atoms with E-state index in [1.165, 1.54) is 57.7 Å². The second-order valence-corrected chi connectivity index (χ2v) is 16.5. The van der Waals surface area contributed by atoms with Gasteiger partial charge in [0.25, 0.3) is 20.0 Å². The molecule has 0 spiro atoms. The van der Waals surface area contributed by atoms with Gasteiger partial charge in [0, 0.05) is 17.2 Å². The van der Waals surface area contributed by atoms with E-state index in [9.17, 15) is 26.0 Å². The number of nitrogens with one attached hydrogen (secondary N) is 1. The van der Waals surface area contributed by atoms with Crippen molar-refractivity contribution in [2.45, 2.75) is 76.1 Å². The van der Waals surface area contributed by atoms with E-state index in [1.807, 2.05) is 0 Å². The number of hydrogen-bond acceptors (Lipinski definition) is 8. The van der Waals surface area contributed by atoms with Crippen LogP contribution >= 0.6 is 11.8 Å². The molecule has 1 amide bonds. The summed E-state index contributed by atoms with van der Waals surface area (Å²) in [6.45, 7) is 11.0. The molecular weight excluding hydrogens is 592 g/mol. The molecule has 0 aliphatic heterocycles. The van der Waals surface area contributed by atoms with Crippen LogP contribution in [0.2, 0.25) is 0 Å². The summed E-state index contributed by atoms with van der Waals surface area (Å²) < 4.78 is 77.6. The predicted molar refractivity (Wildman–Crippen MR) is 162 cm³/mol. The van der Waals surface area contributed by atoms with Crippen LogP contribution in [0.4, 0.5) is 14.9 Å². The molecule has 0 atom stereocenters. The Labute approximate surface area is 247 Å². The molecule has 0 saturated carbocycles. The van der Waals surface area contributed by atoms with E-state index in [1.54, 1.807) is 57.2 Å². The van der Waals surface area contributed by atoms with Crippen LogP contribution in [0.1, 0.15) is 54.0 Å². The Morgan fingerprint density at radius 3 is 2.07 bits per heavy atom. The molecule has 13 heteroatoms. The molecule has 0 bridgehead atoms. The fourth-order valence-corrected chi connectivity index (χ4v) is 7.79. The third kappa shape index (κ3) is 10.2. The zero-order chi connectivity index (χ0) is 31.0. The zero-order valence-corrected chi connectivity index (χ0v) is 26.8. The Balaban J connectivity index is 2.07. The predicted octanol–water partition coefficient (Wildman–Crippen LogP) is 6.02. The fraction of sp³-hybridized carbons (Fsp3) is 0.464. The lowest BCUT2D eigenvalue weighted by Gasteiger charge is -2.27. The molecule has 0 unspecified atom stereocenters. The first-order valence-corrected chi connectivity index (χ1v) is 17.0. The van der Waals surface area contributed by atoms with Crippen LogP contribution in [-0.4, -0.2) is 51.3 Å². The molecule has 0 radical (unpaired) electrons. The number of ether oxygens (including phenoxy) is 2. The van der Waals surface area contributed by atoms with Gasteiger partial charge in [-0.15, -0.1) is 11.8 Å². The number of benzene rings is 2. The number of amides is 1. The van der Waals surface area contributed by atoms with Crippen LogP contribution in [0.5, 0.6) is 5.75 Å². The summed E-state index contributed by atoms with van der Waals surface area (Å²) >= 11 is 1.22. The van der Waals surface area contributed by atoms with E-state index < -0.39 is 48.1 Å². The summed E-state index contributed by atoms with van der Waals surface area (Å²) in [6, 6.07) is 13.2. The molecular formula is C28H39FN2O7S3. The molecule has 9 nitrogen and oxygen atoms in total. The highest BCUT2D eigenvalue weighted by atomic mass is 32.3. The number of thioether (sulfide) groups is 1. The molecule has 0 aromatic heterocycles. The molecule has 0 heterocycles. The fourth-order valence-electron chi connectivity index (χ4n) is 3.15. The van der Waals surface area contributed by atoms with Crippen molar-refractivity contribution >= 4 is 43.6 Å². The van der Waals surface area contributed by atoms with E-state index in [-0.39, 0.29) is 24.6 Å².